The minimum atomic E-state index is -3.84. The fourth-order valence-electron chi connectivity index (χ4n) is 1.57. The van der Waals surface area contributed by atoms with Crippen molar-refractivity contribution < 1.29 is 17.4 Å². The second-order valence-electron chi connectivity index (χ2n) is 4.23. The summed E-state index contributed by atoms with van der Waals surface area (Å²) in [6.07, 6.45) is 1.74. The van der Waals surface area contributed by atoms with Crippen LogP contribution in [0, 0.1) is 0 Å². The van der Waals surface area contributed by atoms with E-state index < -0.39 is 22.8 Å². The number of hydrogen-bond acceptors (Lipinski definition) is 6. The van der Waals surface area contributed by atoms with Crippen LogP contribution in [0.4, 0.5) is 0 Å². The second kappa shape index (κ2) is 7.45. The number of hydrogen-bond donors (Lipinski definition) is 2. The Hall–Kier alpha value is -1.81. The molecule has 1 amide bonds. The first-order chi connectivity index (χ1) is 10.5. The van der Waals surface area contributed by atoms with Gasteiger partial charge in [0, 0.05) is 30.7 Å². The minimum Gasteiger partial charge on any atom is -0.350 e. The lowest BCUT2D eigenvalue weighted by atomic mass is 10.1. The molecule has 0 bridgehead atoms. The van der Waals surface area contributed by atoms with Gasteiger partial charge in [0.15, 0.2) is 0 Å². The van der Waals surface area contributed by atoms with E-state index in [1.165, 1.54) is 7.05 Å². The van der Waals surface area contributed by atoms with E-state index in [4.69, 9.17) is 0 Å². The summed E-state index contributed by atoms with van der Waals surface area (Å²) in [5, 5.41) is 5.42. The quantitative estimate of drug-likeness (QED) is 0.780. The van der Waals surface area contributed by atoms with Crippen molar-refractivity contribution in [1.29, 1.82) is 0 Å². The maximum Gasteiger partial charge on any atom is 0.336 e. The fraction of sp³-hybridized carbons (Fsp3) is 0.231. The zero-order valence-corrected chi connectivity index (χ0v) is 13.4. The van der Waals surface area contributed by atoms with Gasteiger partial charge in [-0.3, -0.25) is 4.79 Å². The Morgan fingerprint density at radius 2 is 2.05 bits per heavy atom. The van der Waals surface area contributed by atoms with Gasteiger partial charge >= 0.3 is 10.3 Å². The van der Waals surface area contributed by atoms with Crippen LogP contribution in [0.3, 0.4) is 0 Å². The molecule has 0 saturated heterocycles. The van der Waals surface area contributed by atoms with Gasteiger partial charge in [0.1, 0.15) is 11.6 Å². The van der Waals surface area contributed by atoms with Gasteiger partial charge in [0.25, 0.3) is 0 Å². The number of benzene rings is 1. The highest BCUT2D eigenvalue weighted by atomic mass is 32.2. The molecular weight excluding hydrogens is 326 g/mol. The molecule has 2 aromatic rings. The summed E-state index contributed by atoms with van der Waals surface area (Å²) in [6, 6.07) is 7.59. The molecule has 0 aliphatic heterocycles. The van der Waals surface area contributed by atoms with Crippen LogP contribution in [0.25, 0.3) is 10.6 Å². The molecule has 0 aliphatic rings. The molecule has 0 spiro atoms. The topological polar surface area (TPSA) is 97.4 Å². The lowest BCUT2D eigenvalue weighted by Gasteiger charge is -2.06. The summed E-state index contributed by atoms with van der Waals surface area (Å²) in [5.74, 6) is -0.511. The van der Waals surface area contributed by atoms with Gasteiger partial charge in [-0.15, -0.1) is 11.3 Å². The number of carbonyl (C=O) groups excluding carboxylic acids is 1. The van der Waals surface area contributed by atoms with Crippen LogP contribution in [-0.4, -0.2) is 33.0 Å². The molecule has 0 radical (unpaired) electrons. The molecule has 2 rings (SSSR count). The van der Waals surface area contributed by atoms with Gasteiger partial charge in [-0.1, -0.05) is 24.3 Å². The van der Waals surface area contributed by atoms with Crippen LogP contribution in [0.1, 0.15) is 5.56 Å². The average molecular weight is 341 g/mol. The monoisotopic (exact) mass is 341 g/mol. The van der Waals surface area contributed by atoms with E-state index in [0.29, 0.717) is 6.54 Å². The number of rotatable bonds is 7. The third kappa shape index (κ3) is 4.88. The van der Waals surface area contributed by atoms with Gasteiger partial charge in [-0.2, -0.15) is 13.1 Å². The van der Waals surface area contributed by atoms with Gasteiger partial charge in [0.2, 0.25) is 5.91 Å². The van der Waals surface area contributed by atoms with Gasteiger partial charge in [-0.05, 0) is 5.56 Å². The van der Waals surface area contributed by atoms with Gasteiger partial charge in [-0.25, -0.2) is 9.17 Å². The van der Waals surface area contributed by atoms with Crippen LogP contribution >= 0.6 is 11.3 Å². The lowest BCUT2D eigenvalue weighted by Crippen LogP contribution is -2.31. The number of nitrogens with zero attached hydrogens (tertiary/aromatic N) is 1. The molecule has 0 saturated carbocycles. The van der Waals surface area contributed by atoms with Crippen molar-refractivity contribution in [1.82, 2.24) is 15.0 Å². The van der Waals surface area contributed by atoms with Crippen molar-refractivity contribution in [2.75, 3.05) is 13.7 Å². The number of amides is 1. The predicted molar refractivity (Wildman–Crippen MR) is 83.3 cm³/mol. The Balaban J connectivity index is 1.83. The third-order valence-electron chi connectivity index (χ3n) is 2.72. The molecule has 0 unspecified atom stereocenters. The first-order valence-electron chi connectivity index (χ1n) is 6.33. The first-order valence-corrected chi connectivity index (χ1v) is 8.62. The summed E-state index contributed by atoms with van der Waals surface area (Å²) in [7, 11) is -2.64. The van der Waals surface area contributed by atoms with E-state index in [1.54, 1.807) is 17.5 Å². The summed E-state index contributed by atoms with van der Waals surface area (Å²) < 4.78 is 28.4. The maximum atomic E-state index is 11.5. The molecule has 118 valence electrons. The van der Waals surface area contributed by atoms with Crippen molar-refractivity contribution >= 4 is 27.5 Å². The Labute approximate surface area is 132 Å². The molecule has 0 fully saturated rings. The smallest absolute Gasteiger partial charge is 0.336 e. The molecule has 2 N–H and O–H groups in total. The number of carbonyl (C=O) groups is 1. The zero-order valence-electron chi connectivity index (χ0n) is 11.8. The number of aromatic nitrogens is 1. The van der Waals surface area contributed by atoms with Crippen molar-refractivity contribution in [3.05, 3.63) is 41.4 Å². The third-order valence-corrected chi connectivity index (χ3v) is 4.47. The van der Waals surface area contributed by atoms with Crippen molar-refractivity contribution in [2.24, 2.45) is 0 Å². The average Bonchev–Trinajstić information content (AvgIpc) is 3.06. The van der Waals surface area contributed by atoms with Crippen molar-refractivity contribution in [3.8, 4) is 10.6 Å². The predicted octanol–water partition coefficient (Wildman–Crippen LogP) is 0.907. The van der Waals surface area contributed by atoms with Crippen molar-refractivity contribution in [2.45, 2.75) is 6.54 Å². The largest absolute Gasteiger partial charge is 0.350 e. The van der Waals surface area contributed by atoms with Gasteiger partial charge < -0.3 is 5.32 Å². The Kier molecular flexibility index (Phi) is 5.61. The molecule has 1 aromatic heterocycles. The maximum absolute atomic E-state index is 11.5. The van der Waals surface area contributed by atoms with E-state index in [0.717, 1.165) is 16.1 Å². The molecule has 9 heteroatoms. The fourth-order valence-corrected chi connectivity index (χ4v) is 2.60. The van der Waals surface area contributed by atoms with E-state index in [-0.39, 0.29) is 0 Å². The molecular formula is C13H15N3O4S2. The van der Waals surface area contributed by atoms with Gasteiger partial charge in [0.05, 0.1) is 0 Å². The summed E-state index contributed by atoms with van der Waals surface area (Å²) in [4.78, 5) is 15.7. The molecule has 22 heavy (non-hydrogen) atoms. The Bertz CT molecular complexity index is 712. The summed E-state index contributed by atoms with van der Waals surface area (Å²) in [6.45, 7) is -0.264. The Morgan fingerprint density at radius 3 is 2.64 bits per heavy atom. The highest BCUT2D eigenvalue weighted by Gasteiger charge is 2.10. The minimum absolute atomic E-state index is 0.292. The van der Waals surface area contributed by atoms with Crippen LogP contribution < -0.4 is 10.0 Å². The molecule has 1 heterocycles. The lowest BCUT2D eigenvalue weighted by molar-refractivity contribution is -0.123. The van der Waals surface area contributed by atoms with Crippen LogP contribution in [0.5, 0.6) is 0 Å². The SMILES string of the molecule is CNS(=O)(=O)OCC(=O)NCc1ccc(-c2nccs2)cc1. The van der Waals surface area contributed by atoms with E-state index in [2.05, 4.69) is 14.5 Å². The molecule has 0 aliphatic carbocycles. The van der Waals surface area contributed by atoms with E-state index in [1.807, 2.05) is 34.4 Å². The standard InChI is InChI=1S/C13H15N3O4S2/c1-14-22(18,19)20-9-12(17)16-8-10-2-4-11(5-3-10)13-15-6-7-21-13/h2-7,14H,8-9H2,1H3,(H,16,17). The molecule has 1 aromatic carbocycles. The van der Waals surface area contributed by atoms with E-state index in [9.17, 15) is 13.2 Å². The molecule has 0 atom stereocenters. The number of nitrogens with one attached hydrogen (secondary N) is 2. The summed E-state index contributed by atoms with van der Waals surface area (Å²) in [5.41, 5.74) is 1.90. The van der Waals surface area contributed by atoms with Crippen molar-refractivity contribution in [3.63, 3.8) is 0 Å². The van der Waals surface area contributed by atoms with E-state index >= 15 is 0 Å². The molecule has 7 nitrogen and oxygen atoms in total. The number of thiazole rings is 1. The highest BCUT2D eigenvalue weighted by molar-refractivity contribution is 7.84. The van der Waals surface area contributed by atoms with Crippen LogP contribution in [0.2, 0.25) is 0 Å². The zero-order chi connectivity index (χ0) is 16.0. The normalized spacial score (nSPS) is 11.3. The summed E-state index contributed by atoms with van der Waals surface area (Å²) >= 11 is 1.55. The van der Waals surface area contributed by atoms with Crippen LogP contribution in [-0.2, 0) is 25.8 Å². The highest BCUT2D eigenvalue weighted by Crippen LogP contribution is 2.21. The second-order valence-corrected chi connectivity index (χ2v) is 6.68. The Morgan fingerprint density at radius 1 is 1.32 bits per heavy atom. The van der Waals surface area contributed by atoms with Crippen LogP contribution in [0.15, 0.2) is 35.8 Å². The first kappa shape index (κ1) is 16.6.